The van der Waals surface area contributed by atoms with E-state index in [-0.39, 0.29) is 10.2 Å². The number of amides is 2. The molecule has 0 aromatic heterocycles. The minimum atomic E-state index is -0.727. The third-order valence-corrected chi connectivity index (χ3v) is 2.89. The Kier molecular flexibility index (Phi) is 9.36. The summed E-state index contributed by atoms with van der Waals surface area (Å²) in [6.07, 6.45) is 4.12. The molecule has 10 heteroatoms. The summed E-state index contributed by atoms with van der Waals surface area (Å²) in [5.74, 6) is 0. The van der Waals surface area contributed by atoms with Crippen LogP contribution in [0.5, 0.6) is 0 Å². The molecule has 138 valence electrons. The average Bonchev–Trinajstić information content (AvgIpc) is 2.59. The van der Waals surface area contributed by atoms with Crippen LogP contribution >= 0.6 is 24.4 Å². The summed E-state index contributed by atoms with van der Waals surface area (Å²) < 4.78 is 9.42. The Morgan fingerprint density at radius 1 is 0.846 bits per heavy atom. The number of anilines is 2. The van der Waals surface area contributed by atoms with Crippen molar-refractivity contribution in [2.24, 2.45) is 0 Å². The second-order valence-corrected chi connectivity index (χ2v) is 5.27. The number of para-hydroxylation sites is 2. The summed E-state index contributed by atoms with van der Waals surface area (Å²) >= 11 is 10.1. The molecule has 4 N–H and O–H groups in total. The van der Waals surface area contributed by atoms with Crippen molar-refractivity contribution >= 4 is 58.2 Å². The topological polar surface area (TPSA) is 101 Å². The largest absolute Gasteiger partial charge is 0.418 e. The maximum absolute atomic E-state index is 11.5. The van der Waals surface area contributed by atoms with Crippen molar-refractivity contribution in [3.63, 3.8) is 0 Å². The molecule has 0 unspecified atom stereocenters. The van der Waals surface area contributed by atoms with Gasteiger partial charge in [0.25, 0.3) is 0 Å². The lowest BCUT2D eigenvalue weighted by Gasteiger charge is -2.15. The molecule has 0 fully saturated rings. The van der Waals surface area contributed by atoms with Gasteiger partial charge in [0.1, 0.15) is 0 Å². The fourth-order valence-corrected chi connectivity index (χ4v) is 1.90. The van der Waals surface area contributed by atoms with Gasteiger partial charge in [0.15, 0.2) is 10.2 Å². The molecule has 1 rings (SSSR count). The Morgan fingerprint density at radius 2 is 1.23 bits per heavy atom. The van der Waals surface area contributed by atoms with Crippen LogP contribution in [0.3, 0.4) is 0 Å². The summed E-state index contributed by atoms with van der Waals surface area (Å²) in [6.45, 7) is 3.41. The number of hydrogen-bond acceptors (Lipinski definition) is 6. The van der Waals surface area contributed by atoms with Crippen LogP contribution in [-0.2, 0) is 9.47 Å². The van der Waals surface area contributed by atoms with Crippen molar-refractivity contribution in [3.05, 3.63) is 48.9 Å². The number of thiocarbonyl (C=S) groups is 2. The highest BCUT2D eigenvalue weighted by Crippen LogP contribution is 2.20. The SMILES string of the molecule is CC=COC(=O)NC(=S)Nc1ccccc1NC(=S)NC(=O)OC=CC. The minimum absolute atomic E-state index is 0.0279. The molecule has 26 heavy (non-hydrogen) atoms. The number of rotatable bonds is 4. The number of ether oxygens (including phenoxy) is 2. The Hall–Kier alpha value is -2.98. The fraction of sp³-hybridized carbons (Fsp3) is 0.125. The van der Waals surface area contributed by atoms with Crippen LogP contribution in [0.2, 0.25) is 0 Å². The normalized spacial score (nSPS) is 10.2. The van der Waals surface area contributed by atoms with Gasteiger partial charge in [-0.1, -0.05) is 24.3 Å². The lowest BCUT2D eigenvalue weighted by atomic mass is 10.2. The standard InChI is InChI=1S/C16H18N4O4S2/c1-3-9-23-15(21)19-13(25)17-11-7-5-6-8-12(11)18-14(26)20-16(22)24-10-4-2/h3-10H,1-2H3,(H2,17,19,21,25)(H2,18,20,22,26). The van der Waals surface area contributed by atoms with Crippen molar-refractivity contribution in [1.29, 1.82) is 0 Å². The van der Waals surface area contributed by atoms with Crippen molar-refractivity contribution in [2.45, 2.75) is 13.8 Å². The first kappa shape index (κ1) is 21.1. The summed E-state index contributed by atoms with van der Waals surface area (Å²) in [4.78, 5) is 22.9. The lowest BCUT2D eigenvalue weighted by molar-refractivity contribution is 0.190. The van der Waals surface area contributed by atoms with Crippen molar-refractivity contribution in [1.82, 2.24) is 10.6 Å². The monoisotopic (exact) mass is 394 g/mol. The van der Waals surface area contributed by atoms with Crippen molar-refractivity contribution in [3.8, 4) is 0 Å². The molecule has 0 bridgehead atoms. The van der Waals surface area contributed by atoms with E-state index in [1.807, 2.05) is 0 Å². The molecule has 0 aliphatic rings. The average molecular weight is 394 g/mol. The van der Waals surface area contributed by atoms with Gasteiger partial charge in [-0.3, -0.25) is 10.6 Å². The van der Waals surface area contributed by atoms with Gasteiger partial charge in [-0.15, -0.1) is 0 Å². The van der Waals surface area contributed by atoms with E-state index in [1.165, 1.54) is 12.5 Å². The fourth-order valence-electron chi connectivity index (χ4n) is 1.51. The van der Waals surface area contributed by atoms with Gasteiger partial charge in [-0.2, -0.15) is 0 Å². The minimum Gasteiger partial charge on any atom is -0.418 e. The van der Waals surface area contributed by atoms with E-state index >= 15 is 0 Å². The maximum Gasteiger partial charge on any atom is 0.418 e. The first-order chi connectivity index (χ1) is 12.5. The zero-order valence-corrected chi connectivity index (χ0v) is 15.7. The van der Waals surface area contributed by atoms with E-state index in [9.17, 15) is 9.59 Å². The molecule has 0 heterocycles. The Morgan fingerprint density at radius 3 is 1.58 bits per heavy atom. The van der Waals surface area contributed by atoms with E-state index in [1.54, 1.807) is 50.3 Å². The number of alkyl carbamates (subject to hydrolysis) is 2. The molecular formula is C16H18N4O4S2. The van der Waals surface area contributed by atoms with Gasteiger partial charge >= 0.3 is 12.2 Å². The van der Waals surface area contributed by atoms with Gasteiger partial charge in [0.05, 0.1) is 23.9 Å². The molecule has 0 atom stereocenters. The summed E-state index contributed by atoms with van der Waals surface area (Å²) in [5, 5.41) is 10.4. The van der Waals surface area contributed by atoms with E-state index in [0.717, 1.165) is 0 Å². The molecule has 0 aliphatic carbocycles. The number of benzene rings is 1. The van der Waals surface area contributed by atoms with Gasteiger partial charge in [0, 0.05) is 0 Å². The molecule has 0 aliphatic heterocycles. The van der Waals surface area contributed by atoms with Crippen LogP contribution in [0, 0.1) is 0 Å². The summed E-state index contributed by atoms with van der Waals surface area (Å²) in [6, 6.07) is 6.92. The van der Waals surface area contributed by atoms with Crippen LogP contribution < -0.4 is 21.3 Å². The molecule has 1 aromatic rings. The highest BCUT2D eigenvalue weighted by Gasteiger charge is 2.10. The van der Waals surface area contributed by atoms with Crippen LogP contribution in [-0.4, -0.2) is 22.4 Å². The predicted molar refractivity (Wildman–Crippen MR) is 108 cm³/mol. The predicted octanol–water partition coefficient (Wildman–Crippen LogP) is 3.60. The van der Waals surface area contributed by atoms with Crippen LogP contribution in [0.25, 0.3) is 0 Å². The molecule has 1 aromatic carbocycles. The van der Waals surface area contributed by atoms with E-state index in [4.69, 9.17) is 33.9 Å². The zero-order valence-electron chi connectivity index (χ0n) is 14.1. The maximum atomic E-state index is 11.5. The quantitative estimate of drug-likeness (QED) is 0.454. The second-order valence-electron chi connectivity index (χ2n) is 4.45. The number of carbonyl (C=O) groups excluding carboxylic acids is 2. The molecular weight excluding hydrogens is 376 g/mol. The third kappa shape index (κ3) is 8.22. The van der Waals surface area contributed by atoms with Gasteiger partial charge < -0.3 is 20.1 Å². The molecule has 0 radical (unpaired) electrons. The Balaban J connectivity index is 2.66. The second kappa shape index (κ2) is 11.6. The van der Waals surface area contributed by atoms with E-state index < -0.39 is 12.2 Å². The van der Waals surface area contributed by atoms with E-state index in [0.29, 0.717) is 11.4 Å². The van der Waals surface area contributed by atoms with Crippen LogP contribution in [0.4, 0.5) is 21.0 Å². The summed E-state index contributed by atoms with van der Waals surface area (Å²) in [7, 11) is 0. The van der Waals surface area contributed by atoms with Gasteiger partial charge in [-0.05, 0) is 50.4 Å². The number of carbonyl (C=O) groups is 2. The highest BCUT2D eigenvalue weighted by molar-refractivity contribution is 7.80. The summed E-state index contributed by atoms with van der Waals surface area (Å²) in [5.41, 5.74) is 1.05. The zero-order chi connectivity index (χ0) is 19.4. The number of hydrogen-bond donors (Lipinski definition) is 4. The highest BCUT2D eigenvalue weighted by atomic mass is 32.1. The smallest absolute Gasteiger partial charge is 0.418 e. The van der Waals surface area contributed by atoms with E-state index in [2.05, 4.69) is 21.3 Å². The van der Waals surface area contributed by atoms with Crippen molar-refractivity contribution in [2.75, 3.05) is 10.6 Å². The number of nitrogens with one attached hydrogen (secondary N) is 4. The molecule has 0 spiro atoms. The molecule has 8 nitrogen and oxygen atoms in total. The Labute approximate surface area is 161 Å². The Bertz CT molecular complexity index is 674. The molecule has 0 saturated heterocycles. The van der Waals surface area contributed by atoms with Crippen LogP contribution in [0.15, 0.2) is 48.9 Å². The molecule has 2 amide bonds. The number of allylic oxidation sites excluding steroid dienone is 2. The lowest BCUT2D eigenvalue weighted by Crippen LogP contribution is -2.35. The van der Waals surface area contributed by atoms with Crippen molar-refractivity contribution < 1.29 is 19.1 Å². The first-order valence-electron chi connectivity index (χ1n) is 7.34. The van der Waals surface area contributed by atoms with Gasteiger partial charge in [0.2, 0.25) is 0 Å². The van der Waals surface area contributed by atoms with Gasteiger partial charge in [-0.25, -0.2) is 9.59 Å². The first-order valence-corrected chi connectivity index (χ1v) is 8.16. The third-order valence-electron chi connectivity index (χ3n) is 2.48. The van der Waals surface area contributed by atoms with Crippen LogP contribution in [0.1, 0.15) is 13.8 Å². The molecule has 0 saturated carbocycles.